The molecule has 0 bridgehead atoms. The Morgan fingerprint density at radius 1 is 1.37 bits per heavy atom. The summed E-state index contributed by atoms with van der Waals surface area (Å²) in [5.74, 6) is 1.48. The van der Waals surface area contributed by atoms with E-state index in [0.717, 1.165) is 49.3 Å². The average Bonchev–Trinajstić information content (AvgIpc) is 3.04. The SMILES string of the molecule is CCc1noc2nc(C)nc(NCC3CCCO3)c12. The van der Waals surface area contributed by atoms with Crippen molar-refractivity contribution in [2.45, 2.75) is 39.2 Å². The lowest BCUT2D eigenvalue weighted by atomic mass is 10.2. The molecule has 6 nitrogen and oxygen atoms in total. The summed E-state index contributed by atoms with van der Waals surface area (Å²) >= 11 is 0. The summed E-state index contributed by atoms with van der Waals surface area (Å²) in [7, 11) is 0. The third-order valence-electron chi connectivity index (χ3n) is 3.37. The Kier molecular flexibility index (Phi) is 3.33. The number of hydrogen-bond donors (Lipinski definition) is 1. The van der Waals surface area contributed by atoms with Gasteiger partial charge in [0.2, 0.25) is 0 Å². The van der Waals surface area contributed by atoms with Gasteiger partial charge in [-0.25, -0.2) is 4.98 Å². The third-order valence-corrected chi connectivity index (χ3v) is 3.37. The van der Waals surface area contributed by atoms with Crippen molar-refractivity contribution in [1.29, 1.82) is 0 Å². The molecule has 0 saturated carbocycles. The van der Waals surface area contributed by atoms with E-state index < -0.39 is 0 Å². The number of anilines is 1. The van der Waals surface area contributed by atoms with Crippen LogP contribution in [-0.2, 0) is 11.2 Å². The van der Waals surface area contributed by atoms with E-state index in [0.29, 0.717) is 11.5 Å². The van der Waals surface area contributed by atoms with Gasteiger partial charge < -0.3 is 14.6 Å². The van der Waals surface area contributed by atoms with Crippen LogP contribution in [0.5, 0.6) is 0 Å². The van der Waals surface area contributed by atoms with Gasteiger partial charge in [0.25, 0.3) is 5.71 Å². The molecule has 0 aromatic carbocycles. The van der Waals surface area contributed by atoms with Crippen LogP contribution >= 0.6 is 0 Å². The highest BCUT2D eigenvalue weighted by Crippen LogP contribution is 2.25. The van der Waals surface area contributed by atoms with Gasteiger partial charge in [0.05, 0.1) is 11.8 Å². The van der Waals surface area contributed by atoms with Gasteiger partial charge in [-0.3, -0.25) is 0 Å². The van der Waals surface area contributed by atoms with E-state index in [2.05, 4.69) is 20.4 Å². The van der Waals surface area contributed by atoms with E-state index in [1.165, 1.54) is 0 Å². The maximum atomic E-state index is 5.61. The Bertz CT molecular complexity index is 575. The quantitative estimate of drug-likeness (QED) is 0.909. The predicted octanol–water partition coefficient (Wildman–Crippen LogP) is 2.08. The number of aromatic nitrogens is 3. The molecule has 1 aliphatic rings. The van der Waals surface area contributed by atoms with Crippen molar-refractivity contribution in [2.75, 3.05) is 18.5 Å². The van der Waals surface area contributed by atoms with Gasteiger partial charge in [0.1, 0.15) is 17.0 Å². The Labute approximate surface area is 111 Å². The number of fused-ring (bicyclic) bond motifs is 1. The first-order valence-electron chi connectivity index (χ1n) is 6.76. The maximum absolute atomic E-state index is 5.61. The minimum Gasteiger partial charge on any atom is -0.376 e. The molecule has 1 atom stereocenters. The molecule has 1 saturated heterocycles. The fraction of sp³-hybridized carbons (Fsp3) is 0.615. The van der Waals surface area contributed by atoms with Crippen LogP contribution in [0.4, 0.5) is 5.82 Å². The van der Waals surface area contributed by atoms with Crippen LogP contribution in [0.15, 0.2) is 4.52 Å². The van der Waals surface area contributed by atoms with E-state index in [9.17, 15) is 0 Å². The summed E-state index contributed by atoms with van der Waals surface area (Å²) in [5, 5.41) is 8.30. The molecule has 2 aromatic heterocycles. The molecule has 3 rings (SSSR count). The van der Waals surface area contributed by atoms with Crippen molar-refractivity contribution >= 4 is 16.9 Å². The second kappa shape index (κ2) is 5.13. The second-order valence-electron chi connectivity index (χ2n) is 4.80. The highest BCUT2D eigenvalue weighted by Gasteiger charge is 2.18. The predicted molar refractivity (Wildman–Crippen MR) is 71.2 cm³/mol. The molecule has 0 radical (unpaired) electrons. The van der Waals surface area contributed by atoms with Crippen LogP contribution in [0.2, 0.25) is 0 Å². The topological polar surface area (TPSA) is 73.1 Å². The number of rotatable bonds is 4. The van der Waals surface area contributed by atoms with E-state index in [4.69, 9.17) is 9.26 Å². The Hall–Kier alpha value is -1.69. The van der Waals surface area contributed by atoms with E-state index in [1.807, 2.05) is 13.8 Å². The second-order valence-corrected chi connectivity index (χ2v) is 4.80. The van der Waals surface area contributed by atoms with Crippen molar-refractivity contribution in [2.24, 2.45) is 0 Å². The molecule has 3 heterocycles. The van der Waals surface area contributed by atoms with Crippen LogP contribution in [0, 0.1) is 6.92 Å². The lowest BCUT2D eigenvalue weighted by Gasteiger charge is -2.12. The zero-order valence-electron chi connectivity index (χ0n) is 11.3. The highest BCUT2D eigenvalue weighted by atomic mass is 16.5. The monoisotopic (exact) mass is 262 g/mol. The van der Waals surface area contributed by atoms with Crippen LogP contribution in [0.3, 0.4) is 0 Å². The van der Waals surface area contributed by atoms with Crippen LogP contribution in [0.25, 0.3) is 11.1 Å². The molecule has 1 aliphatic heterocycles. The van der Waals surface area contributed by atoms with E-state index >= 15 is 0 Å². The maximum Gasteiger partial charge on any atom is 0.263 e. The molecule has 1 N–H and O–H groups in total. The van der Waals surface area contributed by atoms with Gasteiger partial charge in [-0.15, -0.1) is 0 Å². The Balaban J connectivity index is 1.89. The van der Waals surface area contributed by atoms with Gasteiger partial charge in [-0.2, -0.15) is 4.98 Å². The highest BCUT2D eigenvalue weighted by molar-refractivity contribution is 5.87. The molecule has 1 fully saturated rings. The van der Waals surface area contributed by atoms with Gasteiger partial charge in [-0.05, 0) is 26.2 Å². The number of nitrogens with one attached hydrogen (secondary N) is 1. The standard InChI is InChI=1S/C13H18N4O2/c1-3-10-11-12(14-7-9-5-4-6-18-9)15-8(2)16-13(11)19-17-10/h9H,3-7H2,1-2H3,(H,14,15,16). The van der Waals surface area contributed by atoms with Gasteiger partial charge in [-0.1, -0.05) is 12.1 Å². The molecular formula is C13H18N4O2. The van der Waals surface area contributed by atoms with E-state index in [1.54, 1.807) is 0 Å². The number of aryl methyl sites for hydroxylation is 2. The summed E-state index contributed by atoms with van der Waals surface area (Å²) in [6.07, 6.45) is 3.31. The van der Waals surface area contributed by atoms with Crippen LogP contribution < -0.4 is 5.32 Å². The Morgan fingerprint density at radius 3 is 3.00 bits per heavy atom. The fourth-order valence-corrected chi connectivity index (χ4v) is 2.40. The fourth-order valence-electron chi connectivity index (χ4n) is 2.40. The van der Waals surface area contributed by atoms with Gasteiger partial charge >= 0.3 is 0 Å². The van der Waals surface area contributed by atoms with Gasteiger partial charge in [0.15, 0.2) is 0 Å². The third kappa shape index (κ3) is 2.40. The largest absolute Gasteiger partial charge is 0.376 e. The summed E-state index contributed by atoms with van der Waals surface area (Å²) in [5.41, 5.74) is 1.45. The van der Waals surface area contributed by atoms with Gasteiger partial charge in [0, 0.05) is 13.2 Å². The summed E-state index contributed by atoms with van der Waals surface area (Å²) < 4.78 is 10.9. The molecule has 1 unspecified atom stereocenters. The van der Waals surface area contributed by atoms with Crippen molar-refractivity contribution in [1.82, 2.24) is 15.1 Å². The number of ether oxygens (including phenoxy) is 1. The zero-order valence-corrected chi connectivity index (χ0v) is 11.3. The normalized spacial score (nSPS) is 19.2. The minimum absolute atomic E-state index is 0.273. The minimum atomic E-state index is 0.273. The van der Waals surface area contributed by atoms with Crippen LogP contribution in [0.1, 0.15) is 31.3 Å². The zero-order chi connectivity index (χ0) is 13.2. The lowest BCUT2D eigenvalue weighted by Crippen LogP contribution is -2.19. The van der Waals surface area contributed by atoms with Crippen molar-refractivity contribution in [3.8, 4) is 0 Å². The first kappa shape index (κ1) is 12.3. The molecular weight excluding hydrogens is 244 g/mol. The molecule has 0 amide bonds. The smallest absolute Gasteiger partial charge is 0.263 e. The lowest BCUT2D eigenvalue weighted by molar-refractivity contribution is 0.120. The number of hydrogen-bond acceptors (Lipinski definition) is 6. The molecule has 19 heavy (non-hydrogen) atoms. The molecule has 0 aliphatic carbocycles. The van der Waals surface area contributed by atoms with Crippen molar-refractivity contribution in [3.05, 3.63) is 11.5 Å². The Morgan fingerprint density at radius 2 is 2.26 bits per heavy atom. The first-order chi connectivity index (χ1) is 9.28. The van der Waals surface area contributed by atoms with Crippen molar-refractivity contribution in [3.63, 3.8) is 0 Å². The summed E-state index contributed by atoms with van der Waals surface area (Å²) in [6.45, 7) is 5.52. The molecule has 6 heteroatoms. The van der Waals surface area contributed by atoms with E-state index in [-0.39, 0.29) is 6.10 Å². The molecule has 2 aromatic rings. The summed E-state index contributed by atoms with van der Waals surface area (Å²) in [6, 6.07) is 0. The summed E-state index contributed by atoms with van der Waals surface area (Å²) in [4.78, 5) is 8.74. The first-order valence-corrected chi connectivity index (χ1v) is 6.76. The van der Waals surface area contributed by atoms with Crippen LogP contribution in [-0.4, -0.2) is 34.4 Å². The number of nitrogens with zero attached hydrogens (tertiary/aromatic N) is 3. The molecule has 102 valence electrons. The average molecular weight is 262 g/mol. The van der Waals surface area contributed by atoms with Crippen molar-refractivity contribution < 1.29 is 9.26 Å². The molecule has 0 spiro atoms.